The number of para-hydroxylation sites is 2. The molecule has 2 aromatic heterocycles. The normalized spacial score (nSPS) is 12.0. The van der Waals surface area contributed by atoms with E-state index in [0.717, 1.165) is 25.7 Å². The van der Waals surface area contributed by atoms with Crippen molar-refractivity contribution in [2.24, 2.45) is 0 Å². The highest BCUT2D eigenvalue weighted by molar-refractivity contribution is 14.1. The molecule has 0 fully saturated rings. The van der Waals surface area contributed by atoms with Crippen LogP contribution in [0.2, 0.25) is 0 Å². The summed E-state index contributed by atoms with van der Waals surface area (Å²) in [6.45, 7) is 5.01. The highest BCUT2D eigenvalue weighted by Gasteiger charge is 2.14. The average molecular weight is 568 g/mol. The molecule has 5 rings (SSSR count). The number of aromatic nitrogens is 2. The van der Waals surface area contributed by atoms with Gasteiger partial charge in [0.1, 0.15) is 6.61 Å². The van der Waals surface area contributed by atoms with Crippen molar-refractivity contribution in [3.8, 4) is 11.5 Å². The second-order valence-electron chi connectivity index (χ2n) is 7.61. The van der Waals surface area contributed by atoms with Crippen molar-refractivity contribution in [1.82, 2.24) is 9.38 Å². The standard InChI is InChI=1S/C26H21IN2O3S/c1-3-31-22-13-17(12-19(27)24(22)32-15-18-9-5-4-8-16(18)2)14-23-25(30)29-21-11-7-6-10-20(21)28-26(29)33-23/h4-14H,3,15H2,1-2H3/b23-14-. The molecule has 0 bridgehead atoms. The number of thiazole rings is 1. The molecule has 5 aromatic rings. The monoisotopic (exact) mass is 568 g/mol. The number of nitrogens with zero attached hydrogens (tertiary/aromatic N) is 2. The molecule has 0 atom stereocenters. The minimum absolute atomic E-state index is 0.0588. The lowest BCUT2D eigenvalue weighted by Gasteiger charge is -2.15. The van der Waals surface area contributed by atoms with Crippen LogP contribution in [-0.4, -0.2) is 16.0 Å². The van der Waals surface area contributed by atoms with Crippen LogP contribution in [0.25, 0.3) is 22.1 Å². The lowest BCUT2D eigenvalue weighted by molar-refractivity contribution is 0.267. The van der Waals surface area contributed by atoms with Crippen LogP contribution in [0.3, 0.4) is 0 Å². The van der Waals surface area contributed by atoms with Crippen LogP contribution >= 0.6 is 33.9 Å². The number of hydrogen-bond donors (Lipinski definition) is 0. The summed E-state index contributed by atoms with van der Waals surface area (Å²) in [5.74, 6) is 1.38. The van der Waals surface area contributed by atoms with Gasteiger partial charge in [-0.2, -0.15) is 0 Å². The Hall–Kier alpha value is -2.91. The van der Waals surface area contributed by atoms with E-state index in [0.29, 0.717) is 34.2 Å². The SMILES string of the molecule is CCOc1cc(/C=c2\sc3nc4ccccc4n3c2=O)cc(I)c1OCc1ccccc1C. The summed E-state index contributed by atoms with van der Waals surface area (Å²) in [6, 6.07) is 19.8. The molecule has 0 N–H and O–H groups in total. The highest BCUT2D eigenvalue weighted by Crippen LogP contribution is 2.35. The Morgan fingerprint density at radius 1 is 1.09 bits per heavy atom. The molecule has 7 heteroatoms. The van der Waals surface area contributed by atoms with Crippen LogP contribution < -0.4 is 19.6 Å². The predicted molar refractivity (Wildman–Crippen MR) is 141 cm³/mol. The Morgan fingerprint density at radius 3 is 2.70 bits per heavy atom. The van der Waals surface area contributed by atoms with Gasteiger partial charge >= 0.3 is 0 Å². The number of hydrogen-bond acceptors (Lipinski definition) is 5. The van der Waals surface area contributed by atoms with Gasteiger partial charge in [-0.15, -0.1) is 0 Å². The summed E-state index contributed by atoms with van der Waals surface area (Å²) in [6.07, 6.45) is 1.90. The van der Waals surface area contributed by atoms with Crippen molar-refractivity contribution in [1.29, 1.82) is 0 Å². The molecule has 0 aliphatic heterocycles. The summed E-state index contributed by atoms with van der Waals surface area (Å²) < 4.78 is 15.3. The second kappa shape index (κ2) is 9.15. The summed E-state index contributed by atoms with van der Waals surface area (Å²) >= 11 is 3.65. The first kappa shape index (κ1) is 21.9. The largest absolute Gasteiger partial charge is 0.490 e. The Morgan fingerprint density at radius 2 is 1.88 bits per heavy atom. The number of benzene rings is 3. The van der Waals surface area contributed by atoms with E-state index in [2.05, 4.69) is 46.6 Å². The van der Waals surface area contributed by atoms with Crippen LogP contribution in [0.1, 0.15) is 23.6 Å². The van der Waals surface area contributed by atoms with Gasteiger partial charge in [-0.1, -0.05) is 47.7 Å². The highest BCUT2D eigenvalue weighted by atomic mass is 127. The van der Waals surface area contributed by atoms with Gasteiger partial charge in [0.2, 0.25) is 0 Å². The van der Waals surface area contributed by atoms with Crippen LogP contribution in [0, 0.1) is 10.5 Å². The predicted octanol–water partition coefficient (Wildman–Crippen LogP) is 5.35. The number of rotatable bonds is 6. The van der Waals surface area contributed by atoms with E-state index in [9.17, 15) is 4.79 Å². The van der Waals surface area contributed by atoms with E-state index >= 15 is 0 Å². The molecule has 0 saturated carbocycles. The average Bonchev–Trinajstić information content (AvgIpc) is 3.30. The van der Waals surface area contributed by atoms with Crippen molar-refractivity contribution in [3.05, 3.63) is 95.8 Å². The fourth-order valence-electron chi connectivity index (χ4n) is 3.76. The van der Waals surface area contributed by atoms with E-state index in [1.165, 1.54) is 16.9 Å². The number of aryl methyl sites for hydroxylation is 1. The molecule has 0 radical (unpaired) electrons. The molecule has 0 unspecified atom stereocenters. The zero-order valence-corrected chi connectivity index (χ0v) is 21.1. The lowest BCUT2D eigenvalue weighted by atomic mass is 10.1. The maximum absolute atomic E-state index is 13.1. The van der Waals surface area contributed by atoms with Gasteiger partial charge in [0.05, 0.1) is 25.7 Å². The number of imidazole rings is 1. The van der Waals surface area contributed by atoms with Gasteiger partial charge in [0.15, 0.2) is 16.5 Å². The molecule has 3 aromatic carbocycles. The summed E-state index contributed by atoms with van der Waals surface area (Å²) in [7, 11) is 0. The van der Waals surface area contributed by atoms with Crippen molar-refractivity contribution in [3.63, 3.8) is 0 Å². The molecule has 166 valence electrons. The van der Waals surface area contributed by atoms with Crippen LogP contribution in [0.5, 0.6) is 11.5 Å². The number of ether oxygens (including phenoxy) is 2. The van der Waals surface area contributed by atoms with E-state index in [4.69, 9.17) is 9.47 Å². The van der Waals surface area contributed by atoms with E-state index in [-0.39, 0.29) is 5.56 Å². The molecular weight excluding hydrogens is 547 g/mol. The zero-order chi connectivity index (χ0) is 22.9. The van der Waals surface area contributed by atoms with E-state index < -0.39 is 0 Å². The van der Waals surface area contributed by atoms with Crippen LogP contribution in [-0.2, 0) is 6.61 Å². The third-order valence-corrected chi connectivity index (χ3v) is 7.18. The van der Waals surface area contributed by atoms with Gasteiger partial charge in [0.25, 0.3) is 5.56 Å². The maximum Gasteiger partial charge on any atom is 0.274 e. The maximum atomic E-state index is 13.1. The molecule has 0 spiro atoms. The minimum atomic E-state index is -0.0588. The van der Waals surface area contributed by atoms with E-state index in [1.807, 2.05) is 61.5 Å². The zero-order valence-electron chi connectivity index (χ0n) is 18.2. The third kappa shape index (κ3) is 4.22. The molecule has 0 saturated heterocycles. The molecule has 0 aliphatic rings. The lowest BCUT2D eigenvalue weighted by Crippen LogP contribution is -2.22. The number of halogens is 1. The Labute approximate surface area is 208 Å². The summed E-state index contributed by atoms with van der Waals surface area (Å²) in [5, 5.41) is 0. The van der Waals surface area contributed by atoms with Gasteiger partial charge in [-0.05, 0) is 83.5 Å². The summed E-state index contributed by atoms with van der Waals surface area (Å²) in [4.78, 5) is 18.4. The van der Waals surface area contributed by atoms with Gasteiger partial charge < -0.3 is 9.47 Å². The Balaban J connectivity index is 1.54. The van der Waals surface area contributed by atoms with Crippen molar-refractivity contribution < 1.29 is 9.47 Å². The first-order chi connectivity index (χ1) is 16.0. The van der Waals surface area contributed by atoms with Gasteiger partial charge in [-0.25, -0.2) is 9.38 Å². The Bertz CT molecular complexity index is 1590. The summed E-state index contributed by atoms with van der Waals surface area (Å²) in [5.41, 5.74) is 4.81. The second-order valence-corrected chi connectivity index (χ2v) is 9.78. The molecule has 2 heterocycles. The van der Waals surface area contributed by atoms with E-state index in [1.54, 1.807) is 4.40 Å². The van der Waals surface area contributed by atoms with Crippen molar-refractivity contribution >= 4 is 56.0 Å². The molecule has 33 heavy (non-hydrogen) atoms. The molecule has 5 nitrogen and oxygen atoms in total. The first-order valence-corrected chi connectivity index (χ1v) is 12.5. The van der Waals surface area contributed by atoms with Crippen LogP contribution in [0.15, 0.2) is 65.5 Å². The minimum Gasteiger partial charge on any atom is -0.490 e. The topological polar surface area (TPSA) is 52.8 Å². The van der Waals surface area contributed by atoms with Crippen molar-refractivity contribution in [2.45, 2.75) is 20.5 Å². The molecule has 0 aliphatic carbocycles. The van der Waals surface area contributed by atoms with Gasteiger partial charge in [0, 0.05) is 0 Å². The van der Waals surface area contributed by atoms with Gasteiger partial charge in [-0.3, -0.25) is 4.79 Å². The van der Waals surface area contributed by atoms with Crippen LogP contribution in [0.4, 0.5) is 0 Å². The smallest absolute Gasteiger partial charge is 0.274 e. The number of fused-ring (bicyclic) bond motifs is 3. The quantitative estimate of drug-likeness (QED) is 0.260. The molecule has 0 amide bonds. The van der Waals surface area contributed by atoms with Crippen molar-refractivity contribution in [2.75, 3.05) is 6.61 Å². The Kier molecular flexibility index (Phi) is 6.07. The fourth-order valence-corrected chi connectivity index (χ4v) is 5.53. The molecular formula is C26H21IN2O3S. The fraction of sp³-hybridized carbons (Fsp3) is 0.154. The third-order valence-electron chi connectivity index (χ3n) is 5.41. The first-order valence-electron chi connectivity index (χ1n) is 10.6.